The van der Waals surface area contributed by atoms with Crippen molar-refractivity contribution in [2.75, 3.05) is 0 Å². The second-order valence-corrected chi connectivity index (χ2v) is 4.83. The molecular formula is C12H12O14. The molecule has 0 spiro atoms. The van der Waals surface area contributed by atoms with E-state index in [2.05, 4.69) is 29.3 Å². The van der Waals surface area contributed by atoms with Gasteiger partial charge in [-0.05, 0) is 6.92 Å². The van der Waals surface area contributed by atoms with E-state index in [0.29, 0.717) is 0 Å². The van der Waals surface area contributed by atoms with Gasteiger partial charge in [0, 0.05) is 0 Å². The van der Waals surface area contributed by atoms with Crippen LogP contribution >= 0.6 is 0 Å². The molecule has 1 saturated heterocycles. The van der Waals surface area contributed by atoms with Crippen molar-refractivity contribution in [1.82, 2.24) is 0 Å². The van der Waals surface area contributed by atoms with Crippen LogP contribution in [0, 0.1) is 5.92 Å². The summed E-state index contributed by atoms with van der Waals surface area (Å²) in [5.41, 5.74) is -3.23. The lowest BCUT2D eigenvalue weighted by atomic mass is 9.81. The Balaban J connectivity index is 3.24. The average Bonchev–Trinajstić information content (AvgIpc) is 2.55. The fourth-order valence-electron chi connectivity index (χ4n) is 1.90. The van der Waals surface area contributed by atoms with E-state index >= 15 is 0 Å². The molecule has 14 heteroatoms. The highest BCUT2D eigenvalue weighted by Crippen LogP contribution is 2.29. The van der Waals surface area contributed by atoms with Crippen LogP contribution in [-0.2, 0) is 58.1 Å². The van der Waals surface area contributed by atoms with Gasteiger partial charge in [0.25, 0.3) is 0 Å². The smallest absolute Gasteiger partial charge is 0.388 e. The SMILES string of the molecule is CC(O)C1C(=O)OOC(=O)CC(=O)OOC(=O)C1(O)CC(=O)OOC=O. The summed E-state index contributed by atoms with van der Waals surface area (Å²) in [7, 11) is 0. The molecule has 1 aliphatic heterocycles. The minimum Gasteiger partial charge on any atom is -0.392 e. The maximum atomic E-state index is 12.1. The van der Waals surface area contributed by atoms with Crippen molar-refractivity contribution >= 4 is 36.3 Å². The Morgan fingerprint density at radius 3 is 2.35 bits per heavy atom. The monoisotopic (exact) mass is 380 g/mol. The summed E-state index contributed by atoms with van der Waals surface area (Å²) in [6, 6.07) is 0. The molecule has 0 radical (unpaired) electrons. The topological polar surface area (TPSA) is 198 Å². The van der Waals surface area contributed by atoms with Gasteiger partial charge in [0.1, 0.15) is 5.92 Å². The quantitative estimate of drug-likeness (QED) is 0.213. The predicted molar refractivity (Wildman–Crippen MR) is 67.0 cm³/mol. The van der Waals surface area contributed by atoms with Gasteiger partial charge in [-0.1, -0.05) is 0 Å². The summed E-state index contributed by atoms with van der Waals surface area (Å²) in [5.74, 6) is -10.3. The molecule has 0 saturated carbocycles. The van der Waals surface area contributed by atoms with Gasteiger partial charge in [-0.3, -0.25) is 9.68 Å². The Labute approximate surface area is 143 Å². The van der Waals surface area contributed by atoms with Crippen LogP contribution in [0.15, 0.2) is 0 Å². The van der Waals surface area contributed by atoms with E-state index < -0.39 is 60.3 Å². The molecule has 3 unspecified atom stereocenters. The van der Waals surface area contributed by atoms with Gasteiger partial charge in [-0.15, -0.1) is 0 Å². The molecule has 0 amide bonds. The first-order chi connectivity index (χ1) is 12.1. The molecular weight excluding hydrogens is 368 g/mol. The number of aliphatic hydroxyl groups excluding tert-OH is 1. The van der Waals surface area contributed by atoms with Gasteiger partial charge in [-0.25, -0.2) is 48.4 Å². The molecule has 14 nitrogen and oxygen atoms in total. The van der Waals surface area contributed by atoms with E-state index in [-0.39, 0.29) is 6.47 Å². The van der Waals surface area contributed by atoms with Crippen LogP contribution in [0.5, 0.6) is 0 Å². The number of carbonyl (C=O) groups is 6. The van der Waals surface area contributed by atoms with Crippen LogP contribution in [-0.4, -0.2) is 58.2 Å². The van der Waals surface area contributed by atoms with Crippen LogP contribution < -0.4 is 0 Å². The second kappa shape index (κ2) is 8.72. The van der Waals surface area contributed by atoms with E-state index in [1.165, 1.54) is 0 Å². The Bertz CT molecular complexity index is 609. The number of aliphatic hydroxyl groups is 2. The third-order valence-electron chi connectivity index (χ3n) is 2.91. The van der Waals surface area contributed by atoms with Gasteiger partial charge in [0.15, 0.2) is 12.0 Å². The zero-order valence-corrected chi connectivity index (χ0v) is 12.9. The molecule has 144 valence electrons. The lowest BCUT2D eigenvalue weighted by Crippen LogP contribution is -2.56. The highest BCUT2D eigenvalue weighted by atomic mass is 17.2. The van der Waals surface area contributed by atoms with E-state index in [4.69, 9.17) is 0 Å². The molecule has 26 heavy (non-hydrogen) atoms. The summed E-state index contributed by atoms with van der Waals surface area (Å²) in [4.78, 5) is 91.4. The minimum atomic E-state index is -3.23. The molecule has 3 atom stereocenters. The fraction of sp³-hybridized carbons (Fsp3) is 0.500. The predicted octanol–water partition coefficient (Wildman–Crippen LogP) is -2.86. The lowest BCUT2D eigenvalue weighted by molar-refractivity contribution is -0.279. The van der Waals surface area contributed by atoms with Gasteiger partial charge in [0.2, 0.25) is 0 Å². The molecule has 0 aliphatic carbocycles. The molecule has 1 fully saturated rings. The van der Waals surface area contributed by atoms with E-state index in [9.17, 15) is 39.0 Å². The van der Waals surface area contributed by atoms with Crippen LogP contribution in [0.25, 0.3) is 0 Å². The highest BCUT2D eigenvalue weighted by Gasteiger charge is 2.56. The van der Waals surface area contributed by atoms with Crippen molar-refractivity contribution in [2.45, 2.75) is 31.5 Å². The van der Waals surface area contributed by atoms with Gasteiger partial charge in [0.05, 0.1) is 12.5 Å². The maximum Gasteiger partial charge on any atom is 0.388 e. The van der Waals surface area contributed by atoms with E-state index in [1.54, 1.807) is 0 Å². The number of hydrogen-bond donors (Lipinski definition) is 2. The van der Waals surface area contributed by atoms with Crippen molar-refractivity contribution in [3.63, 3.8) is 0 Å². The minimum absolute atomic E-state index is 0.306. The molecule has 2 N–H and O–H groups in total. The molecule has 0 aromatic rings. The molecule has 1 rings (SSSR count). The third-order valence-corrected chi connectivity index (χ3v) is 2.91. The summed E-state index contributed by atoms with van der Waals surface area (Å²) >= 11 is 0. The Morgan fingerprint density at radius 1 is 1.23 bits per heavy atom. The maximum absolute atomic E-state index is 12.1. The standard InChI is InChI=1S/C12H12O14/c1-5(14)9-10(18)25-23-6(15)2-7(16)24-26-11(19)12(9,20)3-8(17)22-21-4-13/h4-5,9,14,20H,2-3H2,1H3. The molecule has 0 aromatic carbocycles. The summed E-state index contributed by atoms with van der Waals surface area (Å²) in [5, 5.41) is 20.2. The van der Waals surface area contributed by atoms with Crippen LogP contribution in [0.1, 0.15) is 19.8 Å². The molecule has 0 bridgehead atoms. The van der Waals surface area contributed by atoms with Gasteiger partial charge >= 0.3 is 36.3 Å². The average molecular weight is 380 g/mol. The molecule has 0 aromatic heterocycles. The number of hydrogen-bond acceptors (Lipinski definition) is 14. The van der Waals surface area contributed by atoms with Crippen molar-refractivity contribution in [3.05, 3.63) is 0 Å². The largest absolute Gasteiger partial charge is 0.392 e. The van der Waals surface area contributed by atoms with Crippen LogP contribution in [0.3, 0.4) is 0 Å². The normalized spacial score (nSPS) is 25.4. The zero-order valence-electron chi connectivity index (χ0n) is 12.9. The van der Waals surface area contributed by atoms with E-state index in [1.807, 2.05) is 0 Å². The first kappa shape index (κ1) is 20.8. The Hall–Kier alpha value is -3.26. The number of rotatable bonds is 5. The second-order valence-electron chi connectivity index (χ2n) is 4.83. The Kier molecular flexibility index (Phi) is 6.97. The van der Waals surface area contributed by atoms with Crippen LogP contribution in [0.4, 0.5) is 0 Å². The van der Waals surface area contributed by atoms with Gasteiger partial charge < -0.3 is 10.2 Å². The zero-order chi connectivity index (χ0) is 19.9. The van der Waals surface area contributed by atoms with Crippen molar-refractivity contribution in [3.8, 4) is 0 Å². The molecule has 1 heterocycles. The van der Waals surface area contributed by atoms with Crippen molar-refractivity contribution in [1.29, 1.82) is 0 Å². The van der Waals surface area contributed by atoms with Crippen molar-refractivity contribution in [2.24, 2.45) is 5.92 Å². The summed E-state index contributed by atoms with van der Waals surface area (Å²) in [6.45, 7) is 0.602. The molecule has 1 aliphatic rings. The Morgan fingerprint density at radius 2 is 1.81 bits per heavy atom. The highest BCUT2D eigenvalue weighted by molar-refractivity contribution is 5.94. The first-order valence-corrected chi connectivity index (χ1v) is 6.65. The van der Waals surface area contributed by atoms with E-state index in [0.717, 1.165) is 6.92 Å². The first-order valence-electron chi connectivity index (χ1n) is 6.65. The fourth-order valence-corrected chi connectivity index (χ4v) is 1.90. The third kappa shape index (κ3) is 5.12. The van der Waals surface area contributed by atoms with Crippen molar-refractivity contribution < 1.29 is 68.3 Å². The summed E-state index contributed by atoms with van der Waals surface area (Å²) < 4.78 is 0. The number of carbonyl (C=O) groups excluding carboxylic acids is 6. The lowest BCUT2D eigenvalue weighted by Gasteiger charge is -2.31. The van der Waals surface area contributed by atoms with Gasteiger partial charge in [-0.2, -0.15) is 0 Å². The summed E-state index contributed by atoms with van der Waals surface area (Å²) in [6.07, 6.45) is -4.43. The van der Waals surface area contributed by atoms with Crippen LogP contribution in [0.2, 0.25) is 0 Å².